The number of hydrogen-bond acceptors (Lipinski definition) is 7. The normalized spacial score (nSPS) is 17.0. The SMILES string of the molecule is COc1c(C)c2c(c(O)c1C/C=C(\C)CCC(=O)OCCN1CCOCC1)C(=O)CC2. The molecule has 0 radical (unpaired) electrons. The van der Waals surface area contributed by atoms with Crippen molar-refractivity contribution in [3.63, 3.8) is 0 Å². The maximum atomic E-state index is 12.2. The average molecular weight is 432 g/mol. The summed E-state index contributed by atoms with van der Waals surface area (Å²) in [5, 5.41) is 10.7. The number of phenolic OH excluding ortho intramolecular Hbond substituents is 1. The van der Waals surface area contributed by atoms with E-state index in [1.54, 1.807) is 7.11 Å². The van der Waals surface area contributed by atoms with Crippen molar-refractivity contribution < 1.29 is 28.9 Å². The number of methoxy groups -OCH3 is 1. The third-order valence-corrected chi connectivity index (χ3v) is 6.13. The second kappa shape index (κ2) is 10.8. The molecule has 0 amide bonds. The highest BCUT2D eigenvalue weighted by Crippen LogP contribution is 2.42. The average Bonchev–Trinajstić information content (AvgIpc) is 3.16. The van der Waals surface area contributed by atoms with Gasteiger partial charge in [0, 0.05) is 38.0 Å². The van der Waals surface area contributed by atoms with E-state index in [0.717, 1.165) is 49.5 Å². The number of benzene rings is 1. The van der Waals surface area contributed by atoms with Gasteiger partial charge in [-0.15, -0.1) is 0 Å². The number of allylic oxidation sites excluding steroid dienone is 2. The van der Waals surface area contributed by atoms with Crippen LogP contribution in [0.3, 0.4) is 0 Å². The van der Waals surface area contributed by atoms with E-state index in [4.69, 9.17) is 14.2 Å². The number of esters is 1. The molecular formula is C24H33NO6. The summed E-state index contributed by atoms with van der Waals surface area (Å²) in [6, 6.07) is 0. The molecule has 1 aromatic carbocycles. The molecule has 0 aromatic heterocycles. The van der Waals surface area contributed by atoms with Gasteiger partial charge in [0.05, 0.1) is 25.9 Å². The Morgan fingerprint density at radius 1 is 1.23 bits per heavy atom. The first-order valence-electron chi connectivity index (χ1n) is 11.0. The minimum atomic E-state index is -0.208. The van der Waals surface area contributed by atoms with Crippen molar-refractivity contribution in [3.8, 4) is 11.5 Å². The van der Waals surface area contributed by atoms with Gasteiger partial charge in [-0.1, -0.05) is 11.6 Å². The fraction of sp³-hybridized carbons (Fsp3) is 0.583. The topological polar surface area (TPSA) is 85.3 Å². The Balaban J connectivity index is 1.53. The summed E-state index contributed by atoms with van der Waals surface area (Å²) in [4.78, 5) is 26.5. The molecule has 1 heterocycles. The van der Waals surface area contributed by atoms with Crippen molar-refractivity contribution in [2.45, 2.75) is 46.0 Å². The van der Waals surface area contributed by atoms with Crippen LogP contribution >= 0.6 is 0 Å². The van der Waals surface area contributed by atoms with Gasteiger partial charge in [0.1, 0.15) is 18.1 Å². The second-order valence-electron chi connectivity index (χ2n) is 8.19. The standard InChI is InChI=1S/C24H33NO6/c1-16(5-9-21(27)31-15-12-25-10-13-30-14-11-25)4-6-19-23(28)22-18(7-8-20(22)26)17(2)24(19)29-3/h4,28H,5-15H2,1-3H3/b16-4+. The number of Topliss-reactive ketones (excluding diaryl/α,β-unsaturated/α-hetero) is 1. The van der Waals surface area contributed by atoms with Gasteiger partial charge in [-0.25, -0.2) is 0 Å². The lowest BCUT2D eigenvalue weighted by molar-refractivity contribution is -0.144. The Labute approximate surface area is 184 Å². The maximum absolute atomic E-state index is 12.2. The van der Waals surface area contributed by atoms with E-state index in [-0.39, 0.29) is 17.5 Å². The van der Waals surface area contributed by atoms with Gasteiger partial charge in [-0.05, 0) is 44.2 Å². The maximum Gasteiger partial charge on any atom is 0.306 e. The van der Waals surface area contributed by atoms with E-state index >= 15 is 0 Å². The molecule has 0 atom stereocenters. The number of rotatable bonds is 9. The Bertz CT molecular complexity index is 854. The van der Waals surface area contributed by atoms with E-state index < -0.39 is 0 Å². The quantitative estimate of drug-likeness (QED) is 0.475. The highest BCUT2D eigenvalue weighted by molar-refractivity contribution is 6.04. The third kappa shape index (κ3) is 5.66. The Kier molecular flexibility index (Phi) is 8.09. The zero-order chi connectivity index (χ0) is 22.4. The van der Waals surface area contributed by atoms with Crippen molar-refractivity contribution in [1.82, 2.24) is 4.90 Å². The summed E-state index contributed by atoms with van der Waals surface area (Å²) in [5.41, 5.74) is 3.91. The van der Waals surface area contributed by atoms with Crippen molar-refractivity contribution in [1.29, 1.82) is 0 Å². The number of nitrogens with zero attached hydrogens (tertiary/aromatic N) is 1. The summed E-state index contributed by atoms with van der Waals surface area (Å²) < 4.78 is 16.2. The number of ketones is 1. The molecule has 1 fully saturated rings. The van der Waals surface area contributed by atoms with Crippen LogP contribution in [0.1, 0.15) is 53.2 Å². The van der Waals surface area contributed by atoms with E-state index in [9.17, 15) is 14.7 Å². The summed E-state index contributed by atoms with van der Waals surface area (Å²) in [5.74, 6) is 0.449. The fourth-order valence-electron chi connectivity index (χ4n) is 4.26. The van der Waals surface area contributed by atoms with Gasteiger partial charge in [-0.2, -0.15) is 0 Å². The first-order valence-corrected chi connectivity index (χ1v) is 11.0. The van der Waals surface area contributed by atoms with Crippen LogP contribution in [-0.2, 0) is 27.1 Å². The lowest BCUT2D eigenvalue weighted by atomic mass is 9.94. The van der Waals surface area contributed by atoms with Crippen molar-refractivity contribution in [3.05, 3.63) is 33.9 Å². The number of phenols is 1. The summed E-state index contributed by atoms with van der Waals surface area (Å²) in [7, 11) is 1.58. The molecule has 0 saturated carbocycles. The molecule has 7 nitrogen and oxygen atoms in total. The zero-order valence-corrected chi connectivity index (χ0v) is 18.8. The minimum absolute atomic E-state index is 0.0139. The molecular weight excluding hydrogens is 398 g/mol. The lowest BCUT2D eigenvalue weighted by Crippen LogP contribution is -2.38. The second-order valence-corrected chi connectivity index (χ2v) is 8.19. The molecule has 1 aliphatic heterocycles. The monoisotopic (exact) mass is 431 g/mol. The largest absolute Gasteiger partial charge is 0.507 e. The van der Waals surface area contributed by atoms with Crippen molar-refractivity contribution in [2.24, 2.45) is 0 Å². The Morgan fingerprint density at radius 3 is 2.68 bits per heavy atom. The summed E-state index contributed by atoms with van der Waals surface area (Å²) in [6.45, 7) is 8.24. The first kappa shape index (κ1) is 23.3. The zero-order valence-electron chi connectivity index (χ0n) is 18.8. The Morgan fingerprint density at radius 2 is 1.97 bits per heavy atom. The number of carbonyl (C=O) groups excluding carboxylic acids is 2. The van der Waals surface area contributed by atoms with Gasteiger partial charge in [0.15, 0.2) is 5.78 Å². The molecule has 0 unspecified atom stereocenters. The molecule has 170 valence electrons. The van der Waals surface area contributed by atoms with Gasteiger partial charge < -0.3 is 19.3 Å². The number of carbonyl (C=O) groups is 2. The number of ether oxygens (including phenoxy) is 3. The minimum Gasteiger partial charge on any atom is -0.507 e. The van der Waals surface area contributed by atoms with Crippen LogP contribution in [0.4, 0.5) is 0 Å². The molecule has 1 saturated heterocycles. The summed E-state index contributed by atoms with van der Waals surface area (Å²) in [6.07, 6.45) is 4.39. The number of fused-ring (bicyclic) bond motifs is 1. The van der Waals surface area contributed by atoms with Crippen LogP contribution in [0, 0.1) is 6.92 Å². The van der Waals surface area contributed by atoms with Crippen molar-refractivity contribution in [2.75, 3.05) is 46.6 Å². The van der Waals surface area contributed by atoms with Crippen LogP contribution in [0.25, 0.3) is 0 Å². The predicted octanol–water partition coefficient (Wildman–Crippen LogP) is 2.98. The van der Waals surface area contributed by atoms with E-state index in [2.05, 4.69) is 4.90 Å². The van der Waals surface area contributed by atoms with Gasteiger partial charge in [0.2, 0.25) is 0 Å². The molecule has 0 spiro atoms. The molecule has 1 aliphatic carbocycles. The smallest absolute Gasteiger partial charge is 0.306 e. The van der Waals surface area contributed by atoms with E-state index in [1.807, 2.05) is 19.9 Å². The highest BCUT2D eigenvalue weighted by Gasteiger charge is 2.30. The molecule has 1 aromatic rings. The molecule has 2 aliphatic rings. The van der Waals surface area contributed by atoms with E-state index in [1.165, 1.54) is 0 Å². The van der Waals surface area contributed by atoms with Crippen LogP contribution in [0.2, 0.25) is 0 Å². The number of aromatic hydroxyl groups is 1. The fourth-order valence-corrected chi connectivity index (χ4v) is 4.26. The number of hydrogen-bond donors (Lipinski definition) is 1. The molecule has 0 bridgehead atoms. The molecule has 31 heavy (non-hydrogen) atoms. The van der Waals surface area contributed by atoms with Gasteiger partial charge in [-0.3, -0.25) is 14.5 Å². The van der Waals surface area contributed by atoms with E-state index in [0.29, 0.717) is 55.6 Å². The predicted molar refractivity (Wildman–Crippen MR) is 117 cm³/mol. The molecule has 1 N–H and O–H groups in total. The molecule has 7 heteroatoms. The van der Waals surface area contributed by atoms with Crippen molar-refractivity contribution >= 4 is 11.8 Å². The van der Waals surface area contributed by atoms with Gasteiger partial charge in [0.25, 0.3) is 0 Å². The summed E-state index contributed by atoms with van der Waals surface area (Å²) >= 11 is 0. The Hall–Kier alpha value is -2.38. The van der Waals surface area contributed by atoms with Gasteiger partial charge >= 0.3 is 5.97 Å². The van der Waals surface area contributed by atoms with Crippen LogP contribution in [-0.4, -0.2) is 68.3 Å². The van der Waals surface area contributed by atoms with Crippen LogP contribution in [0.15, 0.2) is 11.6 Å². The van der Waals surface area contributed by atoms with Crippen LogP contribution < -0.4 is 4.74 Å². The van der Waals surface area contributed by atoms with Crippen LogP contribution in [0.5, 0.6) is 11.5 Å². The lowest BCUT2D eigenvalue weighted by Gasteiger charge is -2.26. The molecule has 3 rings (SSSR count). The first-order chi connectivity index (χ1) is 14.9. The third-order valence-electron chi connectivity index (χ3n) is 6.13. The number of morpholine rings is 1. The highest BCUT2D eigenvalue weighted by atomic mass is 16.5.